The zero-order valence-electron chi connectivity index (χ0n) is 45.6. The monoisotopic (exact) mass is 963 g/mol. The van der Waals surface area contributed by atoms with Crippen LogP contribution in [0.5, 0.6) is 0 Å². The van der Waals surface area contributed by atoms with Crippen molar-refractivity contribution in [3.63, 3.8) is 0 Å². The number of unbranched alkanes of at least 4 members (excludes halogenated alkanes) is 30. The largest absolute Gasteiger partial charge is 0.462 e. The molecule has 0 saturated heterocycles. The highest BCUT2D eigenvalue weighted by Crippen LogP contribution is 2.15. The second-order valence-corrected chi connectivity index (χ2v) is 19.5. The minimum Gasteiger partial charge on any atom is -0.462 e. The van der Waals surface area contributed by atoms with Gasteiger partial charge < -0.3 is 14.2 Å². The minimum atomic E-state index is -0.809. The molecule has 0 aromatic rings. The van der Waals surface area contributed by atoms with Crippen molar-refractivity contribution in [2.24, 2.45) is 0 Å². The van der Waals surface area contributed by atoms with E-state index in [0.29, 0.717) is 19.3 Å². The van der Waals surface area contributed by atoms with Gasteiger partial charge in [0, 0.05) is 19.3 Å². The fourth-order valence-corrected chi connectivity index (χ4v) is 8.19. The molecule has 0 spiro atoms. The van der Waals surface area contributed by atoms with Gasteiger partial charge in [-0.3, -0.25) is 14.4 Å². The van der Waals surface area contributed by atoms with Crippen molar-refractivity contribution in [1.82, 2.24) is 0 Å². The SMILES string of the molecule is CCCCC/C=C\C/C=C\CCCCCCCC(=O)OC[C@H](COC(=O)CCCCCCCCCCC/C=C\CCCCCCCC)OC(=O)CCC/C=C\C/C=C\C/C=C\CCCCCCCC. The molecule has 6 nitrogen and oxygen atoms in total. The van der Waals surface area contributed by atoms with Gasteiger partial charge in [-0.05, 0) is 109 Å². The van der Waals surface area contributed by atoms with Crippen LogP contribution in [0.1, 0.15) is 290 Å². The quantitative estimate of drug-likeness (QED) is 0.0262. The highest BCUT2D eigenvalue weighted by atomic mass is 16.6. The fourth-order valence-electron chi connectivity index (χ4n) is 8.19. The normalized spacial score (nSPS) is 12.6. The molecule has 0 fully saturated rings. The molecule has 0 aliphatic heterocycles. The minimum absolute atomic E-state index is 0.100. The van der Waals surface area contributed by atoms with Crippen LogP contribution in [0, 0.1) is 0 Å². The number of carbonyl (C=O) groups excluding carboxylic acids is 3. The molecular weight excluding hydrogens is 853 g/mol. The Kier molecular flexibility index (Phi) is 54.8. The number of ether oxygens (including phenoxy) is 3. The Hall–Kier alpha value is -3.15. The zero-order valence-corrected chi connectivity index (χ0v) is 45.6. The molecule has 0 heterocycles. The molecule has 0 aliphatic carbocycles. The highest BCUT2D eigenvalue weighted by Gasteiger charge is 2.19. The predicted octanol–water partition coefficient (Wildman–Crippen LogP) is 19.8. The van der Waals surface area contributed by atoms with E-state index in [2.05, 4.69) is 93.7 Å². The average Bonchev–Trinajstić information content (AvgIpc) is 3.35. The molecule has 0 saturated carbocycles. The molecule has 1 atom stereocenters. The maximum Gasteiger partial charge on any atom is 0.306 e. The first kappa shape index (κ1) is 65.8. The van der Waals surface area contributed by atoms with E-state index in [1.54, 1.807) is 0 Å². The molecule has 0 radical (unpaired) electrons. The van der Waals surface area contributed by atoms with Crippen LogP contribution in [0.25, 0.3) is 0 Å². The van der Waals surface area contributed by atoms with Crippen LogP contribution >= 0.6 is 0 Å². The van der Waals surface area contributed by atoms with Crippen molar-refractivity contribution in [1.29, 1.82) is 0 Å². The van der Waals surface area contributed by atoms with Crippen LogP contribution in [-0.4, -0.2) is 37.2 Å². The van der Waals surface area contributed by atoms with Gasteiger partial charge in [-0.15, -0.1) is 0 Å². The number of hydrogen-bond acceptors (Lipinski definition) is 6. The third kappa shape index (κ3) is 55.6. The second-order valence-electron chi connectivity index (χ2n) is 19.5. The van der Waals surface area contributed by atoms with Crippen LogP contribution in [0.2, 0.25) is 0 Å². The molecule has 0 rings (SSSR count). The van der Waals surface area contributed by atoms with Gasteiger partial charge in [-0.1, -0.05) is 235 Å². The van der Waals surface area contributed by atoms with Gasteiger partial charge in [0.15, 0.2) is 6.10 Å². The van der Waals surface area contributed by atoms with Crippen molar-refractivity contribution in [3.05, 3.63) is 72.9 Å². The van der Waals surface area contributed by atoms with E-state index in [1.165, 1.54) is 161 Å². The molecule has 0 amide bonds. The summed E-state index contributed by atoms with van der Waals surface area (Å²) < 4.78 is 16.8. The molecule has 0 N–H and O–H groups in total. The molecule has 69 heavy (non-hydrogen) atoms. The first-order valence-electron chi connectivity index (χ1n) is 29.4. The lowest BCUT2D eigenvalue weighted by Gasteiger charge is -2.18. The van der Waals surface area contributed by atoms with E-state index in [9.17, 15) is 14.4 Å². The van der Waals surface area contributed by atoms with Crippen molar-refractivity contribution in [3.8, 4) is 0 Å². The molecule has 0 aromatic carbocycles. The highest BCUT2D eigenvalue weighted by molar-refractivity contribution is 5.71. The van der Waals surface area contributed by atoms with E-state index in [0.717, 1.165) is 83.5 Å². The summed E-state index contributed by atoms with van der Waals surface area (Å²) in [4.78, 5) is 38.2. The standard InChI is InChI=1S/C63H110O6/c1-4-7-10-13-16-19-22-25-28-30-31-33-35-38-41-44-47-50-53-56-62(65)68-59-60(58-67-61(64)55-52-49-46-43-40-37-34-27-24-21-18-15-12-9-6-3)69-63(66)57-54-51-48-45-42-39-36-32-29-26-23-20-17-14-11-8-5-2/h18,21,25-29,34,36,39,45,48,60H,4-17,19-20,22-24,30-33,35,37-38,40-44,46-47,49-59H2,1-3H3/b21-18-,28-25-,29-26-,34-27-,39-36-,48-45-/t60-/m1/s1. The average molecular weight is 964 g/mol. The van der Waals surface area contributed by atoms with Gasteiger partial charge >= 0.3 is 17.9 Å². The zero-order chi connectivity index (χ0) is 50.0. The molecular formula is C63H110O6. The van der Waals surface area contributed by atoms with Crippen molar-refractivity contribution >= 4 is 17.9 Å². The summed E-state index contributed by atoms with van der Waals surface area (Å²) in [6, 6.07) is 0. The molecule has 398 valence electrons. The predicted molar refractivity (Wildman–Crippen MR) is 298 cm³/mol. The maximum atomic E-state index is 12.8. The summed E-state index contributed by atoms with van der Waals surface area (Å²) in [6.07, 6.45) is 73.3. The van der Waals surface area contributed by atoms with Crippen LogP contribution < -0.4 is 0 Å². The van der Waals surface area contributed by atoms with Gasteiger partial charge in [0.25, 0.3) is 0 Å². The number of esters is 3. The lowest BCUT2D eigenvalue weighted by Crippen LogP contribution is -2.30. The number of hydrogen-bond donors (Lipinski definition) is 0. The van der Waals surface area contributed by atoms with Crippen LogP contribution in [0.3, 0.4) is 0 Å². The van der Waals surface area contributed by atoms with E-state index in [1.807, 2.05) is 0 Å². The number of carbonyl (C=O) groups is 3. The van der Waals surface area contributed by atoms with Gasteiger partial charge in [-0.2, -0.15) is 0 Å². The Labute approximate surface area is 427 Å². The van der Waals surface area contributed by atoms with Crippen LogP contribution in [-0.2, 0) is 28.6 Å². The lowest BCUT2D eigenvalue weighted by atomic mass is 10.1. The Balaban J connectivity index is 4.45. The summed E-state index contributed by atoms with van der Waals surface area (Å²) in [5.41, 5.74) is 0. The maximum absolute atomic E-state index is 12.8. The summed E-state index contributed by atoms with van der Waals surface area (Å²) in [6.45, 7) is 6.57. The van der Waals surface area contributed by atoms with Crippen LogP contribution in [0.4, 0.5) is 0 Å². The summed E-state index contributed by atoms with van der Waals surface area (Å²) in [7, 11) is 0. The van der Waals surface area contributed by atoms with Crippen LogP contribution in [0.15, 0.2) is 72.9 Å². The fraction of sp³-hybridized carbons (Fsp3) is 0.762. The topological polar surface area (TPSA) is 78.9 Å². The van der Waals surface area contributed by atoms with Crippen molar-refractivity contribution in [2.45, 2.75) is 297 Å². The van der Waals surface area contributed by atoms with Gasteiger partial charge in [0.2, 0.25) is 0 Å². The molecule has 0 aliphatic rings. The third-order valence-electron chi connectivity index (χ3n) is 12.7. The Morgan fingerprint density at radius 3 is 0.899 bits per heavy atom. The van der Waals surface area contributed by atoms with Gasteiger partial charge in [0.1, 0.15) is 13.2 Å². The van der Waals surface area contributed by atoms with Gasteiger partial charge in [0.05, 0.1) is 0 Å². The number of rotatable bonds is 53. The van der Waals surface area contributed by atoms with E-state index in [-0.39, 0.29) is 37.5 Å². The van der Waals surface area contributed by atoms with E-state index < -0.39 is 6.10 Å². The number of allylic oxidation sites excluding steroid dienone is 12. The van der Waals surface area contributed by atoms with E-state index >= 15 is 0 Å². The third-order valence-corrected chi connectivity index (χ3v) is 12.7. The lowest BCUT2D eigenvalue weighted by molar-refractivity contribution is -0.167. The molecule has 0 unspecified atom stereocenters. The van der Waals surface area contributed by atoms with Gasteiger partial charge in [-0.25, -0.2) is 0 Å². The van der Waals surface area contributed by atoms with Crippen molar-refractivity contribution in [2.75, 3.05) is 13.2 Å². The first-order chi connectivity index (χ1) is 34.0. The summed E-state index contributed by atoms with van der Waals surface area (Å²) in [5, 5.41) is 0. The van der Waals surface area contributed by atoms with Crippen molar-refractivity contribution < 1.29 is 28.6 Å². The second kappa shape index (κ2) is 57.4. The summed E-state index contributed by atoms with van der Waals surface area (Å²) in [5.74, 6) is -0.961. The molecule has 0 aromatic heterocycles. The smallest absolute Gasteiger partial charge is 0.306 e. The molecule has 0 bridgehead atoms. The first-order valence-corrected chi connectivity index (χ1v) is 29.4. The summed E-state index contributed by atoms with van der Waals surface area (Å²) >= 11 is 0. The Morgan fingerprint density at radius 2 is 0.536 bits per heavy atom. The molecule has 6 heteroatoms. The Morgan fingerprint density at radius 1 is 0.290 bits per heavy atom. The van der Waals surface area contributed by atoms with E-state index in [4.69, 9.17) is 14.2 Å². The Bertz CT molecular complexity index is 1290.